The average Bonchev–Trinajstić information content (AvgIpc) is 2.40. The summed E-state index contributed by atoms with van der Waals surface area (Å²) in [4.78, 5) is 0.456. The molecule has 0 aliphatic heterocycles. The third-order valence-corrected chi connectivity index (χ3v) is 2.36. The molecule has 6 heteroatoms. The zero-order chi connectivity index (χ0) is 13.0. The van der Waals surface area contributed by atoms with Crippen LogP contribution in [0.25, 0.3) is 0 Å². The number of para-hydroxylation sites is 1. The van der Waals surface area contributed by atoms with Gasteiger partial charge in [0.2, 0.25) is 5.88 Å². The van der Waals surface area contributed by atoms with E-state index in [2.05, 4.69) is 5.10 Å². The van der Waals surface area contributed by atoms with E-state index < -0.39 is 0 Å². The van der Waals surface area contributed by atoms with Gasteiger partial charge in [-0.3, -0.25) is 5.41 Å². The summed E-state index contributed by atoms with van der Waals surface area (Å²) in [7, 11) is 1.59. The van der Waals surface area contributed by atoms with Crippen LogP contribution >= 0.6 is 0 Å². The molecule has 1 aromatic carbocycles. The highest BCUT2D eigenvalue weighted by atomic mass is 16.5. The van der Waals surface area contributed by atoms with Crippen molar-refractivity contribution in [2.75, 3.05) is 7.11 Å². The Morgan fingerprint density at radius 2 is 2.06 bits per heavy atom. The SMILES string of the molecule is COc1ccccc1COc1ccc(=N)n(O)n1. The standard InChI is InChI=1S/C12H13N3O3/c1-17-10-5-3-2-4-9(10)8-18-12-7-6-11(13)15(16)14-12/h2-7,13,16H,8H2,1H3. The van der Waals surface area contributed by atoms with Gasteiger partial charge < -0.3 is 14.7 Å². The summed E-state index contributed by atoms with van der Waals surface area (Å²) in [6.07, 6.45) is 0. The van der Waals surface area contributed by atoms with Crippen molar-refractivity contribution >= 4 is 0 Å². The van der Waals surface area contributed by atoms with Crippen LogP contribution in [-0.4, -0.2) is 22.3 Å². The van der Waals surface area contributed by atoms with Gasteiger partial charge in [-0.15, -0.1) is 0 Å². The Balaban J connectivity index is 2.11. The molecule has 0 aliphatic rings. The van der Waals surface area contributed by atoms with Crippen molar-refractivity contribution in [2.24, 2.45) is 0 Å². The molecule has 0 spiro atoms. The van der Waals surface area contributed by atoms with Crippen LogP contribution in [0.3, 0.4) is 0 Å². The molecule has 2 rings (SSSR count). The van der Waals surface area contributed by atoms with Crippen LogP contribution in [0.5, 0.6) is 11.6 Å². The fraction of sp³-hybridized carbons (Fsp3) is 0.167. The van der Waals surface area contributed by atoms with Gasteiger partial charge in [-0.05, 0) is 12.1 Å². The highest BCUT2D eigenvalue weighted by Gasteiger charge is 2.04. The molecule has 0 aliphatic carbocycles. The Labute approximate surface area is 103 Å². The summed E-state index contributed by atoms with van der Waals surface area (Å²) in [5.41, 5.74) is 0.765. The number of ether oxygens (including phenoxy) is 2. The highest BCUT2D eigenvalue weighted by Crippen LogP contribution is 2.18. The monoisotopic (exact) mass is 247 g/mol. The van der Waals surface area contributed by atoms with E-state index in [1.165, 1.54) is 12.1 Å². The summed E-state index contributed by atoms with van der Waals surface area (Å²) in [5, 5.41) is 20.1. The van der Waals surface area contributed by atoms with Crippen molar-refractivity contribution in [3.8, 4) is 11.6 Å². The minimum absolute atomic E-state index is 0.111. The van der Waals surface area contributed by atoms with Crippen molar-refractivity contribution in [1.82, 2.24) is 9.94 Å². The van der Waals surface area contributed by atoms with Gasteiger partial charge in [-0.1, -0.05) is 28.1 Å². The van der Waals surface area contributed by atoms with Crippen molar-refractivity contribution in [1.29, 1.82) is 5.41 Å². The van der Waals surface area contributed by atoms with Crippen molar-refractivity contribution < 1.29 is 14.7 Å². The largest absolute Gasteiger partial charge is 0.496 e. The molecule has 0 amide bonds. The molecule has 0 bridgehead atoms. The lowest BCUT2D eigenvalue weighted by atomic mass is 10.2. The van der Waals surface area contributed by atoms with Crippen LogP contribution in [0.1, 0.15) is 5.56 Å². The second-order valence-corrected chi connectivity index (χ2v) is 3.55. The van der Waals surface area contributed by atoms with E-state index in [-0.39, 0.29) is 18.0 Å². The second-order valence-electron chi connectivity index (χ2n) is 3.55. The Kier molecular flexibility index (Phi) is 3.47. The zero-order valence-electron chi connectivity index (χ0n) is 9.83. The minimum Gasteiger partial charge on any atom is -0.496 e. The summed E-state index contributed by atoms with van der Waals surface area (Å²) < 4.78 is 10.6. The maximum atomic E-state index is 9.21. The maximum absolute atomic E-state index is 9.21. The Bertz CT molecular complexity index is 595. The first-order valence-corrected chi connectivity index (χ1v) is 5.29. The fourth-order valence-electron chi connectivity index (χ4n) is 1.45. The van der Waals surface area contributed by atoms with Gasteiger partial charge in [0.05, 0.1) is 7.11 Å². The van der Waals surface area contributed by atoms with E-state index in [1.54, 1.807) is 7.11 Å². The van der Waals surface area contributed by atoms with Crippen LogP contribution in [0.15, 0.2) is 36.4 Å². The molecule has 0 saturated carbocycles. The topological polar surface area (TPSA) is 80.4 Å². The molecule has 0 fully saturated rings. The van der Waals surface area contributed by atoms with E-state index >= 15 is 0 Å². The molecule has 0 atom stereocenters. The lowest BCUT2D eigenvalue weighted by Crippen LogP contribution is -2.19. The van der Waals surface area contributed by atoms with Crippen molar-refractivity contribution in [3.63, 3.8) is 0 Å². The molecule has 0 unspecified atom stereocenters. The quantitative estimate of drug-likeness (QED) is 0.795. The molecule has 6 nitrogen and oxygen atoms in total. The highest BCUT2D eigenvalue weighted by molar-refractivity contribution is 5.32. The molecule has 1 aromatic heterocycles. The number of methoxy groups -OCH3 is 1. The Hall–Kier alpha value is -2.50. The van der Waals surface area contributed by atoms with E-state index in [4.69, 9.17) is 14.9 Å². The summed E-state index contributed by atoms with van der Waals surface area (Å²) >= 11 is 0. The van der Waals surface area contributed by atoms with E-state index in [1.807, 2.05) is 24.3 Å². The molecule has 94 valence electrons. The van der Waals surface area contributed by atoms with Gasteiger partial charge in [0.15, 0.2) is 5.49 Å². The molecule has 2 aromatic rings. The number of benzene rings is 1. The molecule has 2 N–H and O–H groups in total. The van der Waals surface area contributed by atoms with E-state index in [0.717, 1.165) is 11.3 Å². The first kappa shape index (κ1) is 12.0. The molecular weight excluding hydrogens is 234 g/mol. The predicted molar refractivity (Wildman–Crippen MR) is 62.6 cm³/mol. The Morgan fingerprint density at radius 1 is 1.28 bits per heavy atom. The van der Waals surface area contributed by atoms with Crippen molar-refractivity contribution in [2.45, 2.75) is 6.61 Å². The zero-order valence-corrected chi connectivity index (χ0v) is 9.83. The number of nitrogens with one attached hydrogen (secondary N) is 1. The summed E-state index contributed by atoms with van der Waals surface area (Å²) in [6, 6.07) is 10.4. The second kappa shape index (κ2) is 5.22. The van der Waals surface area contributed by atoms with Crippen LogP contribution in [0.4, 0.5) is 0 Å². The minimum atomic E-state index is -0.111. The molecular formula is C12H13N3O3. The van der Waals surface area contributed by atoms with Crippen LogP contribution in [0.2, 0.25) is 0 Å². The average molecular weight is 247 g/mol. The molecule has 1 heterocycles. The van der Waals surface area contributed by atoms with Gasteiger partial charge in [-0.25, -0.2) is 0 Å². The Morgan fingerprint density at radius 3 is 2.78 bits per heavy atom. The predicted octanol–water partition coefficient (Wildman–Crippen LogP) is 1.19. The number of nitrogens with zero attached hydrogens (tertiary/aromatic N) is 2. The van der Waals surface area contributed by atoms with Crippen molar-refractivity contribution in [3.05, 3.63) is 47.4 Å². The normalized spacial score (nSPS) is 10.1. The molecule has 0 radical (unpaired) electrons. The maximum Gasteiger partial charge on any atom is 0.235 e. The van der Waals surface area contributed by atoms with E-state index in [9.17, 15) is 5.21 Å². The summed E-state index contributed by atoms with van der Waals surface area (Å²) in [6.45, 7) is 0.272. The van der Waals surface area contributed by atoms with Crippen LogP contribution in [-0.2, 0) is 6.61 Å². The third kappa shape index (κ3) is 2.60. The fourth-order valence-corrected chi connectivity index (χ4v) is 1.45. The van der Waals surface area contributed by atoms with E-state index in [0.29, 0.717) is 4.85 Å². The number of aromatic nitrogens is 2. The van der Waals surface area contributed by atoms with Gasteiger partial charge in [0, 0.05) is 11.6 Å². The molecule has 0 saturated heterocycles. The van der Waals surface area contributed by atoms with Gasteiger partial charge in [0.1, 0.15) is 12.4 Å². The smallest absolute Gasteiger partial charge is 0.235 e. The van der Waals surface area contributed by atoms with Gasteiger partial charge in [0.25, 0.3) is 0 Å². The first-order valence-electron chi connectivity index (χ1n) is 5.29. The first-order chi connectivity index (χ1) is 8.70. The van der Waals surface area contributed by atoms with Gasteiger partial charge in [-0.2, -0.15) is 0 Å². The number of hydrogen-bond donors (Lipinski definition) is 2. The lowest BCUT2D eigenvalue weighted by Gasteiger charge is -2.09. The van der Waals surface area contributed by atoms with Crippen LogP contribution < -0.4 is 15.0 Å². The molecule has 18 heavy (non-hydrogen) atoms. The third-order valence-electron chi connectivity index (χ3n) is 2.36. The summed E-state index contributed by atoms with van der Waals surface area (Å²) in [5.74, 6) is 0.964. The van der Waals surface area contributed by atoms with Gasteiger partial charge >= 0.3 is 0 Å². The van der Waals surface area contributed by atoms with Crippen LogP contribution in [0, 0.1) is 5.41 Å². The number of hydrogen-bond acceptors (Lipinski definition) is 5. The number of rotatable bonds is 4. The lowest BCUT2D eigenvalue weighted by molar-refractivity contribution is 0.119.